The average Bonchev–Trinajstić information content (AvgIpc) is 3.56. The van der Waals surface area contributed by atoms with Crippen LogP contribution in [0.15, 0.2) is 87.7 Å². The fourth-order valence-electron chi connectivity index (χ4n) is 7.41. The number of rotatable bonds is 6. The van der Waals surface area contributed by atoms with Gasteiger partial charge in [-0.15, -0.1) is 0 Å². The molecule has 2 aliphatic carbocycles. The Morgan fingerprint density at radius 3 is 1.79 bits per heavy atom. The van der Waals surface area contributed by atoms with Crippen molar-refractivity contribution in [2.75, 3.05) is 0 Å². The van der Waals surface area contributed by atoms with E-state index >= 15 is 0 Å². The summed E-state index contributed by atoms with van der Waals surface area (Å²) >= 11 is -2.87. The van der Waals surface area contributed by atoms with Crippen LogP contribution in [0.25, 0.3) is 11.1 Å². The maximum Gasteiger partial charge on any atom is -1.00 e. The molecule has 0 fully saturated rings. The van der Waals surface area contributed by atoms with Crippen molar-refractivity contribution < 1.29 is 46.1 Å². The number of hydrogen-bond donors (Lipinski definition) is 0. The summed E-state index contributed by atoms with van der Waals surface area (Å²) in [6.07, 6.45) is 8.82. The predicted octanol–water partition coefficient (Wildman–Crippen LogP) is 4.92. The van der Waals surface area contributed by atoms with Crippen LogP contribution in [0.1, 0.15) is 96.2 Å². The molecule has 6 rings (SSSR count). The van der Waals surface area contributed by atoms with Crippen LogP contribution in [-0.4, -0.2) is 3.21 Å². The Balaban J connectivity index is 0.00000250. The third-order valence-electron chi connectivity index (χ3n) is 10.4. The van der Waals surface area contributed by atoms with E-state index in [9.17, 15) is 0 Å². The Morgan fingerprint density at radius 2 is 1.26 bits per heavy atom. The second-order valence-corrected chi connectivity index (χ2v) is 20.6. The first-order valence-corrected chi connectivity index (χ1v) is 20.6. The third-order valence-corrected chi connectivity index (χ3v) is 18.6. The number of aryl methyl sites for hydroxylation is 5. The molecule has 0 N–H and O–H groups in total. The van der Waals surface area contributed by atoms with Crippen molar-refractivity contribution in [3.63, 3.8) is 0 Å². The van der Waals surface area contributed by atoms with E-state index < -0.39 is 21.3 Å². The van der Waals surface area contributed by atoms with E-state index in [2.05, 4.69) is 148 Å². The molecule has 0 amide bonds. The zero-order valence-corrected chi connectivity index (χ0v) is 33.9. The molecule has 4 aromatic rings. The molecule has 4 aromatic carbocycles. The molecule has 244 valence electrons. The van der Waals surface area contributed by atoms with Crippen molar-refractivity contribution in [3.8, 4) is 11.1 Å². The molecule has 1 unspecified atom stereocenters. The van der Waals surface area contributed by atoms with E-state index in [1.165, 1.54) is 79.6 Å². The molecule has 47 heavy (non-hydrogen) atoms. The van der Waals surface area contributed by atoms with Gasteiger partial charge in [-0.2, -0.15) is 0 Å². The van der Waals surface area contributed by atoms with Gasteiger partial charge in [0.15, 0.2) is 0 Å². The van der Waals surface area contributed by atoms with E-state index in [4.69, 9.17) is 0 Å². The predicted molar refractivity (Wildman–Crippen MR) is 193 cm³/mol. The van der Waals surface area contributed by atoms with Crippen LogP contribution in [0.2, 0.25) is 0 Å². The molecule has 0 aliphatic heterocycles. The van der Waals surface area contributed by atoms with E-state index in [1.807, 2.05) is 0 Å². The van der Waals surface area contributed by atoms with Gasteiger partial charge in [-0.25, -0.2) is 0 Å². The van der Waals surface area contributed by atoms with Gasteiger partial charge in [0, 0.05) is 0 Å². The van der Waals surface area contributed by atoms with Gasteiger partial charge in [-0.3, -0.25) is 0 Å². The van der Waals surface area contributed by atoms with Gasteiger partial charge in [0.05, 0.1) is 0 Å². The SMILES string of the molecule is CCCC1C=C(C(C)(C)C)C=[C]1[Zr+2](=[C](c1ccc(C)cc1)c1ccc(C)cc1)[c]1c(C)c(C)cc2c1Cc1cc(C)c(C)cc1-2.[Cl-].[Cl-]. The first kappa shape index (κ1) is 37.5. The molecule has 0 spiro atoms. The van der Waals surface area contributed by atoms with Crippen molar-refractivity contribution in [3.05, 3.63) is 143 Å². The largest absolute Gasteiger partial charge is 1.00 e. The summed E-state index contributed by atoms with van der Waals surface area (Å²) in [5, 5.41) is 0. The fourth-order valence-corrected chi connectivity index (χ4v) is 16.6. The van der Waals surface area contributed by atoms with E-state index in [-0.39, 0.29) is 30.2 Å². The van der Waals surface area contributed by atoms with Gasteiger partial charge in [0.25, 0.3) is 0 Å². The minimum absolute atomic E-state index is 0. The maximum absolute atomic E-state index is 2.87. The van der Waals surface area contributed by atoms with E-state index in [0.29, 0.717) is 5.92 Å². The Labute approximate surface area is 304 Å². The number of hydrogen-bond acceptors (Lipinski definition) is 0. The van der Waals surface area contributed by atoms with Crippen molar-refractivity contribution in [2.24, 2.45) is 11.3 Å². The molecule has 0 bridgehead atoms. The van der Waals surface area contributed by atoms with Crippen LogP contribution in [0.5, 0.6) is 0 Å². The summed E-state index contributed by atoms with van der Waals surface area (Å²) in [6, 6.07) is 26.4. The normalized spacial score (nSPS) is 14.6. The first-order valence-electron chi connectivity index (χ1n) is 16.9. The average molecular weight is 741 g/mol. The van der Waals surface area contributed by atoms with E-state index in [0.717, 1.165) is 6.42 Å². The molecule has 3 heteroatoms. The standard InChI is InChI=1S/C17H17.C15H14.C12H19.2ClH.Zr/c1-10-5-14-9-15-6-11(2)13(4)8-17(15)16(14)7-12(10)3;1-12-3-7-14(8-4-12)11-15-9-5-13(2)6-10-15;1-5-6-10-7-8-11(9-10)12(2,3)4;;;/h5,7-8H,9H2,1-4H3;3-10H,1-2H3;8-10H,5-6H2,1-4H3;2*1H;/q;;;;;+2/p-2. The Morgan fingerprint density at radius 1 is 0.723 bits per heavy atom. The monoisotopic (exact) mass is 738 g/mol. The molecule has 0 heterocycles. The van der Waals surface area contributed by atoms with Crippen molar-refractivity contribution in [2.45, 2.75) is 88.5 Å². The molecular formula is C44H50Cl2Zr. The second kappa shape index (κ2) is 14.7. The summed E-state index contributed by atoms with van der Waals surface area (Å²) < 4.78 is 5.12. The van der Waals surface area contributed by atoms with Gasteiger partial charge >= 0.3 is 282 Å². The quantitative estimate of drug-likeness (QED) is 0.232. The Bertz CT molecular complexity index is 1850. The Kier molecular flexibility index (Phi) is 11.7. The summed E-state index contributed by atoms with van der Waals surface area (Å²) in [7, 11) is 0. The number of halogens is 2. The molecule has 0 nitrogen and oxygen atoms in total. The molecular weight excluding hydrogens is 691 g/mol. The molecule has 0 aromatic heterocycles. The minimum Gasteiger partial charge on any atom is -1.00 e. The molecule has 0 saturated carbocycles. The zero-order valence-electron chi connectivity index (χ0n) is 30.0. The van der Waals surface area contributed by atoms with Crippen LogP contribution >= 0.6 is 0 Å². The third kappa shape index (κ3) is 7.20. The smallest absolute Gasteiger partial charge is 1.00 e. The van der Waals surface area contributed by atoms with Crippen molar-refractivity contribution in [1.82, 2.24) is 0 Å². The van der Waals surface area contributed by atoms with Gasteiger partial charge in [-0.1, -0.05) is 0 Å². The Hall–Kier alpha value is -2.31. The minimum atomic E-state index is -2.87. The van der Waals surface area contributed by atoms with Crippen LogP contribution in [-0.2, 0) is 27.7 Å². The van der Waals surface area contributed by atoms with Crippen molar-refractivity contribution in [1.29, 1.82) is 0 Å². The van der Waals surface area contributed by atoms with Gasteiger partial charge in [-0.05, 0) is 0 Å². The fraction of sp³-hybridized carbons (Fsp3) is 0.341. The first-order chi connectivity index (χ1) is 21.4. The van der Waals surface area contributed by atoms with Crippen LogP contribution in [0, 0.1) is 52.9 Å². The number of allylic oxidation sites excluding steroid dienone is 4. The summed E-state index contributed by atoms with van der Waals surface area (Å²) in [5.41, 5.74) is 19.0. The number of benzene rings is 4. The van der Waals surface area contributed by atoms with E-state index in [1.54, 1.807) is 15.3 Å². The van der Waals surface area contributed by atoms with Gasteiger partial charge < -0.3 is 24.8 Å². The van der Waals surface area contributed by atoms with Crippen LogP contribution < -0.4 is 28.1 Å². The van der Waals surface area contributed by atoms with Gasteiger partial charge in [0.2, 0.25) is 0 Å². The van der Waals surface area contributed by atoms with Gasteiger partial charge in [0.1, 0.15) is 0 Å². The molecule has 1 atom stereocenters. The van der Waals surface area contributed by atoms with Crippen LogP contribution in [0.4, 0.5) is 0 Å². The second-order valence-electron chi connectivity index (χ2n) is 14.8. The van der Waals surface area contributed by atoms with Crippen molar-refractivity contribution >= 4 is 6.48 Å². The zero-order chi connectivity index (χ0) is 32.2. The topological polar surface area (TPSA) is 0 Å². The summed E-state index contributed by atoms with van der Waals surface area (Å²) in [5.74, 6) is 0.508. The number of fused-ring (bicyclic) bond motifs is 3. The van der Waals surface area contributed by atoms with Crippen LogP contribution in [0.3, 0.4) is 0 Å². The maximum atomic E-state index is 2.70. The molecule has 2 aliphatic rings. The summed E-state index contributed by atoms with van der Waals surface area (Å²) in [4.78, 5) is 0. The molecule has 0 saturated heterocycles. The summed E-state index contributed by atoms with van der Waals surface area (Å²) in [6.45, 7) is 23.3. The molecule has 0 radical (unpaired) electrons.